The van der Waals surface area contributed by atoms with Crippen LogP contribution >= 0.6 is 31.9 Å². The molecule has 7 heteroatoms. The van der Waals surface area contributed by atoms with Gasteiger partial charge in [0.1, 0.15) is 11.5 Å². The maximum absolute atomic E-state index is 11.6. The highest BCUT2D eigenvalue weighted by molar-refractivity contribution is 9.13. The maximum atomic E-state index is 11.6. The Labute approximate surface area is 145 Å². The molecule has 2 aromatic rings. The van der Waals surface area contributed by atoms with Crippen LogP contribution in [0.5, 0.6) is 5.75 Å². The number of benzene rings is 1. The maximum Gasteiger partial charge on any atom is 0.277 e. The van der Waals surface area contributed by atoms with Crippen molar-refractivity contribution in [3.05, 3.63) is 50.3 Å². The molecule has 0 bridgehead atoms. The monoisotopic (exact) mass is 428 g/mol. The van der Waals surface area contributed by atoms with Crippen molar-refractivity contribution >= 4 is 44.0 Å². The summed E-state index contributed by atoms with van der Waals surface area (Å²) < 4.78 is 12.0. The van der Waals surface area contributed by atoms with E-state index in [-0.39, 0.29) is 12.5 Å². The van der Waals surface area contributed by atoms with Gasteiger partial charge in [0.2, 0.25) is 0 Å². The lowest BCUT2D eigenvalue weighted by Gasteiger charge is -2.07. The molecule has 0 fully saturated rings. The van der Waals surface area contributed by atoms with Crippen LogP contribution in [-0.2, 0) is 4.79 Å². The van der Waals surface area contributed by atoms with Crippen LogP contribution in [0.4, 0.5) is 0 Å². The predicted molar refractivity (Wildman–Crippen MR) is 91.3 cm³/mol. The number of hydrogen-bond acceptors (Lipinski definition) is 4. The van der Waals surface area contributed by atoms with Crippen LogP contribution in [0.1, 0.15) is 16.9 Å². The fourth-order valence-corrected chi connectivity index (χ4v) is 2.19. The number of rotatable bonds is 5. The molecule has 0 unspecified atom stereocenters. The average molecular weight is 430 g/mol. The van der Waals surface area contributed by atoms with Gasteiger partial charge in [-0.25, -0.2) is 5.43 Å². The lowest BCUT2D eigenvalue weighted by atomic mass is 10.1. The molecule has 0 radical (unpaired) electrons. The molecule has 1 heterocycles. The van der Waals surface area contributed by atoms with Crippen molar-refractivity contribution < 1.29 is 13.9 Å². The zero-order valence-corrected chi connectivity index (χ0v) is 15.2. The lowest BCUT2D eigenvalue weighted by molar-refractivity contribution is -0.123. The molecule has 2 rings (SSSR count). The van der Waals surface area contributed by atoms with Gasteiger partial charge in [-0.05, 0) is 69.0 Å². The van der Waals surface area contributed by atoms with Gasteiger partial charge in [0.15, 0.2) is 11.3 Å². The van der Waals surface area contributed by atoms with E-state index in [0.29, 0.717) is 16.2 Å². The fraction of sp³-hybridized carbons (Fsp3) is 0.200. The van der Waals surface area contributed by atoms with Gasteiger partial charge in [0.25, 0.3) is 5.91 Å². The van der Waals surface area contributed by atoms with E-state index in [4.69, 9.17) is 9.15 Å². The summed E-state index contributed by atoms with van der Waals surface area (Å²) in [5, 5.41) is 3.80. The largest absolute Gasteiger partial charge is 0.484 e. The normalized spacial score (nSPS) is 10.9. The molecule has 1 aromatic carbocycles. The Morgan fingerprint density at radius 1 is 1.32 bits per heavy atom. The predicted octanol–water partition coefficient (Wildman–Crippen LogP) is 3.95. The number of carbonyl (C=O) groups excluding carboxylic acids is 1. The van der Waals surface area contributed by atoms with Crippen molar-refractivity contribution in [3.63, 3.8) is 0 Å². The number of hydrogen-bond donors (Lipinski definition) is 1. The smallest absolute Gasteiger partial charge is 0.277 e. The average Bonchev–Trinajstić information content (AvgIpc) is 2.79. The summed E-state index contributed by atoms with van der Waals surface area (Å²) in [6, 6.07) is 7.40. The zero-order chi connectivity index (χ0) is 16.1. The van der Waals surface area contributed by atoms with Crippen LogP contribution in [0, 0.1) is 13.8 Å². The number of ether oxygens (including phenoxy) is 1. The molecular weight excluding hydrogens is 416 g/mol. The van der Waals surface area contributed by atoms with E-state index < -0.39 is 0 Å². The van der Waals surface area contributed by atoms with Crippen molar-refractivity contribution in [2.24, 2.45) is 5.10 Å². The molecular formula is C15H14Br2N2O3. The quantitative estimate of drug-likeness (QED) is 0.578. The number of nitrogens with zero attached hydrogens (tertiary/aromatic N) is 1. The second kappa shape index (κ2) is 7.60. The first-order valence-electron chi connectivity index (χ1n) is 6.42. The van der Waals surface area contributed by atoms with Crippen molar-refractivity contribution in [2.75, 3.05) is 6.61 Å². The molecule has 0 saturated carbocycles. The molecule has 1 aromatic heterocycles. The van der Waals surface area contributed by atoms with Crippen LogP contribution in [0.15, 0.2) is 42.9 Å². The summed E-state index contributed by atoms with van der Waals surface area (Å²) >= 11 is 6.50. The molecule has 22 heavy (non-hydrogen) atoms. The SMILES string of the molecule is Cc1ccc(OCC(=O)N/N=C/c2cc(Br)c(Br)o2)cc1C. The van der Waals surface area contributed by atoms with Crippen molar-refractivity contribution in [2.45, 2.75) is 13.8 Å². The molecule has 0 atom stereocenters. The van der Waals surface area contributed by atoms with Gasteiger partial charge >= 0.3 is 0 Å². The number of halogens is 2. The van der Waals surface area contributed by atoms with Gasteiger partial charge in [0.05, 0.1) is 10.7 Å². The number of carbonyl (C=O) groups is 1. The van der Waals surface area contributed by atoms with Crippen LogP contribution < -0.4 is 10.2 Å². The number of hydrazone groups is 1. The zero-order valence-electron chi connectivity index (χ0n) is 12.0. The summed E-state index contributed by atoms with van der Waals surface area (Å²) in [6.45, 7) is 3.91. The van der Waals surface area contributed by atoms with Crippen molar-refractivity contribution in [3.8, 4) is 5.75 Å². The third-order valence-corrected chi connectivity index (χ3v) is 4.60. The topological polar surface area (TPSA) is 63.8 Å². The Balaban J connectivity index is 1.81. The van der Waals surface area contributed by atoms with Crippen molar-refractivity contribution in [1.29, 1.82) is 0 Å². The lowest BCUT2D eigenvalue weighted by Crippen LogP contribution is -2.24. The third kappa shape index (κ3) is 4.71. The third-order valence-electron chi connectivity index (χ3n) is 2.89. The molecule has 5 nitrogen and oxygen atoms in total. The number of furan rings is 1. The van der Waals surface area contributed by atoms with Gasteiger partial charge < -0.3 is 9.15 Å². The minimum Gasteiger partial charge on any atom is -0.484 e. The molecule has 1 N–H and O–H groups in total. The Kier molecular flexibility index (Phi) is 5.79. The summed E-state index contributed by atoms with van der Waals surface area (Å²) in [5.74, 6) is 0.814. The molecule has 0 aliphatic heterocycles. The van der Waals surface area contributed by atoms with Gasteiger partial charge in [0, 0.05) is 6.07 Å². The molecule has 0 aliphatic carbocycles. The van der Waals surface area contributed by atoms with E-state index in [1.165, 1.54) is 11.8 Å². The Bertz CT molecular complexity index is 691. The van der Waals surface area contributed by atoms with Crippen LogP contribution in [0.2, 0.25) is 0 Å². The van der Waals surface area contributed by atoms with E-state index >= 15 is 0 Å². The number of amides is 1. The van der Waals surface area contributed by atoms with E-state index in [1.54, 1.807) is 6.07 Å². The Morgan fingerprint density at radius 2 is 2.09 bits per heavy atom. The first-order valence-corrected chi connectivity index (χ1v) is 8.01. The Hall–Kier alpha value is -1.60. The van der Waals surface area contributed by atoms with Gasteiger partial charge in [-0.3, -0.25) is 4.79 Å². The minimum absolute atomic E-state index is 0.106. The van der Waals surface area contributed by atoms with Crippen LogP contribution in [0.3, 0.4) is 0 Å². The Morgan fingerprint density at radius 3 is 2.73 bits per heavy atom. The van der Waals surface area contributed by atoms with Gasteiger partial charge in [-0.2, -0.15) is 5.10 Å². The second-order valence-corrected chi connectivity index (χ2v) is 6.17. The summed E-state index contributed by atoms with van der Waals surface area (Å²) in [6.07, 6.45) is 1.41. The van der Waals surface area contributed by atoms with E-state index in [0.717, 1.165) is 10.0 Å². The molecule has 0 aliphatic rings. The standard InChI is InChI=1S/C15H14Br2N2O3/c1-9-3-4-11(5-10(9)2)21-8-14(20)19-18-7-12-6-13(16)15(17)22-12/h3-7H,8H2,1-2H3,(H,19,20)/b18-7+. The minimum atomic E-state index is -0.348. The highest BCUT2D eigenvalue weighted by Crippen LogP contribution is 2.25. The van der Waals surface area contributed by atoms with Crippen LogP contribution in [-0.4, -0.2) is 18.7 Å². The van der Waals surface area contributed by atoms with Crippen molar-refractivity contribution in [1.82, 2.24) is 5.43 Å². The van der Waals surface area contributed by atoms with Gasteiger partial charge in [-0.15, -0.1) is 0 Å². The summed E-state index contributed by atoms with van der Waals surface area (Å²) in [5.41, 5.74) is 4.66. The van der Waals surface area contributed by atoms with E-state index in [9.17, 15) is 4.79 Å². The van der Waals surface area contributed by atoms with Crippen LogP contribution in [0.25, 0.3) is 0 Å². The fourth-order valence-electron chi connectivity index (χ4n) is 1.58. The highest BCUT2D eigenvalue weighted by Gasteiger charge is 2.05. The molecule has 116 valence electrons. The number of aryl methyl sites for hydroxylation is 2. The number of nitrogens with one attached hydrogen (secondary N) is 1. The molecule has 1 amide bonds. The summed E-state index contributed by atoms with van der Waals surface area (Å²) in [7, 11) is 0. The van der Waals surface area contributed by atoms with Gasteiger partial charge in [-0.1, -0.05) is 6.07 Å². The highest BCUT2D eigenvalue weighted by atomic mass is 79.9. The summed E-state index contributed by atoms with van der Waals surface area (Å²) in [4.78, 5) is 11.6. The molecule has 0 saturated heterocycles. The first-order chi connectivity index (χ1) is 10.5. The van der Waals surface area contributed by atoms with E-state index in [2.05, 4.69) is 42.4 Å². The second-order valence-electron chi connectivity index (χ2n) is 4.60. The first kappa shape index (κ1) is 16.8. The molecule has 0 spiro atoms. The van der Waals surface area contributed by atoms with E-state index in [1.807, 2.05) is 32.0 Å².